The molecule has 1 aromatic rings. The highest BCUT2D eigenvalue weighted by Gasteiger charge is 2.27. The second-order valence-electron chi connectivity index (χ2n) is 5.45. The monoisotopic (exact) mass is 402 g/mol. The van der Waals surface area contributed by atoms with E-state index in [1.54, 1.807) is 0 Å². The number of aliphatic imine (C=N–C) groups is 1. The number of nitrogens with two attached hydrogens (primary N) is 1. The van der Waals surface area contributed by atoms with Crippen molar-refractivity contribution in [2.24, 2.45) is 10.7 Å². The third-order valence-electron chi connectivity index (χ3n) is 3.94. The summed E-state index contributed by atoms with van der Waals surface area (Å²) in [5.41, 5.74) is 8.61. The largest absolute Gasteiger partial charge is 0.370 e. The fourth-order valence-corrected chi connectivity index (χ4v) is 2.41. The van der Waals surface area contributed by atoms with Gasteiger partial charge in [0, 0.05) is 31.9 Å². The summed E-state index contributed by atoms with van der Waals surface area (Å²) < 4.78 is 0. The van der Waals surface area contributed by atoms with Crippen molar-refractivity contribution in [3.05, 3.63) is 29.8 Å². The van der Waals surface area contributed by atoms with Crippen LogP contribution in [0.4, 0.5) is 5.69 Å². The van der Waals surface area contributed by atoms with Crippen LogP contribution in [0.3, 0.4) is 0 Å². The van der Waals surface area contributed by atoms with Crippen LogP contribution in [-0.4, -0.2) is 43.6 Å². The molecule has 5 heteroatoms. The van der Waals surface area contributed by atoms with E-state index in [4.69, 9.17) is 5.73 Å². The van der Waals surface area contributed by atoms with E-state index in [0.29, 0.717) is 12.0 Å². The van der Waals surface area contributed by atoms with Crippen molar-refractivity contribution in [3.8, 4) is 0 Å². The number of hydrogen-bond donors (Lipinski definition) is 1. The van der Waals surface area contributed by atoms with E-state index in [9.17, 15) is 0 Å². The lowest BCUT2D eigenvalue weighted by Crippen LogP contribution is -2.36. The van der Waals surface area contributed by atoms with Gasteiger partial charge in [0.1, 0.15) is 0 Å². The van der Waals surface area contributed by atoms with Gasteiger partial charge in [0.15, 0.2) is 5.96 Å². The second-order valence-corrected chi connectivity index (χ2v) is 5.45. The summed E-state index contributed by atoms with van der Waals surface area (Å²) in [7, 11) is 2.04. The van der Waals surface area contributed by atoms with E-state index in [0.717, 1.165) is 19.6 Å². The molecule has 1 fully saturated rings. The van der Waals surface area contributed by atoms with Crippen molar-refractivity contribution in [2.45, 2.75) is 32.7 Å². The Labute approximate surface area is 145 Å². The Kier molecular flexibility index (Phi) is 7.28. The van der Waals surface area contributed by atoms with Crippen LogP contribution in [0.15, 0.2) is 29.3 Å². The minimum Gasteiger partial charge on any atom is -0.370 e. The highest BCUT2D eigenvalue weighted by atomic mass is 127. The average molecular weight is 402 g/mol. The zero-order chi connectivity index (χ0) is 14.5. The van der Waals surface area contributed by atoms with Gasteiger partial charge in [-0.3, -0.25) is 4.99 Å². The van der Waals surface area contributed by atoms with Gasteiger partial charge in [-0.15, -0.1) is 24.0 Å². The minimum absolute atomic E-state index is 0. The number of aryl methyl sites for hydroxylation is 1. The Bertz CT molecular complexity index is 471. The van der Waals surface area contributed by atoms with Gasteiger partial charge in [-0.05, 0) is 38.3 Å². The molecule has 0 saturated heterocycles. The molecule has 2 rings (SSSR count). The quantitative estimate of drug-likeness (QED) is 0.452. The number of guanidine groups is 1. The number of para-hydroxylation sites is 1. The van der Waals surface area contributed by atoms with E-state index in [1.165, 1.54) is 24.1 Å². The highest BCUT2D eigenvalue weighted by molar-refractivity contribution is 14.0. The van der Waals surface area contributed by atoms with Crippen LogP contribution in [0, 0.1) is 6.92 Å². The summed E-state index contributed by atoms with van der Waals surface area (Å²) in [5.74, 6) is 0.674. The molecule has 0 unspecified atom stereocenters. The molecule has 0 amide bonds. The molecule has 4 nitrogen and oxygen atoms in total. The number of nitrogens with zero attached hydrogens (tertiary/aromatic N) is 3. The SMILES string of the molecule is CCN(CCN=C(N)N(C)C1CC1)c1ccccc1C.I. The van der Waals surface area contributed by atoms with Crippen LogP contribution in [0.2, 0.25) is 0 Å². The number of rotatable bonds is 6. The van der Waals surface area contributed by atoms with Crippen LogP contribution in [0.5, 0.6) is 0 Å². The number of hydrogen-bond acceptors (Lipinski definition) is 2. The van der Waals surface area contributed by atoms with Crippen LogP contribution in [0.25, 0.3) is 0 Å². The van der Waals surface area contributed by atoms with E-state index in [1.807, 2.05) is 7.05 Å². The first-order valence-corrected chi connectivity index (χ1v) is 7.46. The molecule has 1 aliphatic carbocycles. The molecule has 1 aliphatic rings. The van der Waals surface area contributed by atoms with Crippen molar-refractivity contribution in [2.75, 3.05) is 31.6 Å². The van der Waals surface area contributed by atoms with Crippen LogP contribution in [-0.2, 0) is 0 Å². The van der Waals surface area contributed by atoms with E-state index in [2.05, 4.69) is 52.9 Å². The summed E-state index contributed by atoms with van der Waals surface area (Å²) in [5, 5.41) is 0. The molecular weight excluding hydrogens is 375 g/mol. The van der Waals surface area contributed by atoms with Crippen molar-refractivity contribution in [1.82, 2.24) is 4.90 Å². The maximum atomic E-state index is 6.01. The fraction of sp³-hybridized carbons (Fsp3) is 0.562. The maximum absolute atomic E-state index is 6.01. The van der Waals surface area contributed by atoms with Gasteiger partial charge in [0.2, 0.25) is 0 Å². The Hall–Kier alpha value is -0.980. The lowest BCUT2D eigenvalue weighted by molar-refractivity contribution is 0.487. The second kappa shape index (κ2) is 8.46. The van der Waals surface area contributed by atoms with Gasteiger partial charge in [0.05, 0.1) is 6.54 Å². The summed E-state index contributed by atoms with van der Waals surface area (Å²) in [4.78, 5) is 8.96. The first-order chi connectivity index (χ1) is 9.63. The predicted molar refractivity (Wildman–Crippen MR) is 102 cm³/mol. The van der Waals surface area contributed by atoms with Crippen molar-refractivity contribution in [1.29, 1.82) is 0 Å². The first-order valence-electron chi connectivity index (χ1n) is 7.46. The van der Waals surface area contributed by atoms with E-state index < -0.39 is 0 Å². The third-order valence-corrected chi connectivity index (χ3v) is 3.94. The van der Waals surface area contributed by atoms with Gasteiger partial charge in [0.25, 0.3) is 0 Å². The highest BCUT2D eigenvalue weighted by Crippen LogP contribution is 2.24. The molecule has 0 radical (unpaired) electrons. The number of anilines is 1. The topological polar surface area (TPSA) is 44.9 Å². The molecule has 0 bridgehead atoms. The summed E-state index contributed by atoms with van der Waals surface area (Å²) in [6, 6.07) is 9.10. The van der Waals surface area contributed by atoms with E-state index in [-0.39, 0.29) is 24.0 Å². The molecular formula is C16H27IN4. The molecule has 0 atom stereocenters. The zero-order valence-corrected chi connectivity index (χ0v) is 15.6. The number of benzene rings is 1. The third kappa shape index (κ3) is 5.05. The van der Waals surface area contributed by atoms with Crippen LogP contribution in [0.1, 0.15) is 25.3 Å². The standard InChI is InChI=1S/C16H26N4.HI/c1-4-20(15-8-6-5-7-13(15)2)12-11-18-16(17)19(3)14-9-10-14;/h5-8,14H,4,9-12H2,1-3H3,(H2,17,18);1H. The van der Waals surface area contributed by atoms with Crippen molar-refractivity contribution in [3.63, 3.8) is 0 Å². The minimum atomic E-state index is 0. The molecule has 21 heavy (non-hydrogen) atoms. The molecule has 1 saturated carbocycles. The zero-order valence-electron chi connectivity index (χ0n) is 13.2. The van der Waals surface area contributed by atoms with Gasteiger partial charge in [-0.2, -0.15) is 0 Å². The Morgan fingerprint density at radius 1 is 1.33 bits per heavy atom. The summed E-state index contributed by atoms with van der Waals surface area (Å²) in [6.07, 6.45) is 2.49. The van der Waals surface area contributed by atoms with Crippen molar-refractivity contribution >= 4 is 35.6 Å². The molecule has 0 aromatic heterocycles. The predicted octanol–water partition coefficient (Wildman–Crippen LogP) is 2.85. The lowest BCUT2D eigenvalue weighted by atomic mass is 10.2. The Morgan fingerprint density at radius 3 is 2.57 bits per heavy atom. The summed E-state index contributed by atoms with van der Waals surface area (Å²) in [6.45, 7) is 6.96. The summed E-state index contributed by atoms with van der Waals surface area (Å²) >= 11 is 0. The maximum Gasteiger partial charge on any atom is 0.191 e. The van der Waals surface area contributed by atoms with Gasteiger partial charge in [-0.25, -0.2) is 0 Å². The number of halogens is 1. The molecule has 0 aliphatic heterocycles. The fourth-order valence-electron chi connectivity index (χ4n) is 2.41. The molecule has 0 spiro atoms. The van der Waals surface area contributed by atoms with Crippen molar-refractivity contribution < 1.29 is 0 Å². The van der Waals surface area contributed by atoms with Gasteiger partial charge < -0.3 is 15.5 Å². The lowest BCUT2D eigenvalue weighted by Gasteiger charge is -2.24. The van der Waals surface area contributed by atoms with Gasteiger partial charge in [-0.1, -0.05) is 18.2 Å². The van der Waals surface area contributed by atoms with Crippen LogP contribution >= 0.6 is 24.0 Å². The normalized spacial score (nSPS) is 14.5. The first kappa shape index (κ1) is 18.1. The van der Waals surface area contributed by atoms with E-state index >= 15 is 0 Å². The Morgan fingerprint density at radius 2 is 2.00 bits per heavy atom. The Balaban J connectivity index is 0.00000220. The van der Waals surface area contributed by atoms with Crippen LogP contribution < -0.4 is 10.6 Å². The average Bonchev–Trinajstić information content (AvgIpc) is 3.28. The molecule has 1 aromatic carbocycles. The molecule has 2 N–H and O–H groups in total. The molecule has 0 heterocycles. The number of likely N-dealkylation sites (N-methyl/N-ethyl adjacent to an activating group) is 1. The smallest absolute Gasteiger partial charge is 0.191 e. The molecule has 118 valence electrons. The van der Waals surface area contributed by atoms with Gasteiger partial charge >= 0.3 is 0 Å².